The zero-order valence-electron chi connectivity index (χ0n) is 24.0. The van der Waals surface area contributed by atoms with E-state index in [-0.39, 0.29) is 26.1 Å². The van der Waals surface area contributed by atoms with E-state index >= 15 is 0 Å². The highest BCUT2D eigenvalue weighted by Gasteiger charge is 2.33. The van der Waals surface area contributed by atoms with E-state index in [0.717, 1.165) is 16.1 Å². The summed E-state index contributed by atoms with van der Waals surface area (Å²) in [6.07, 6.45) is 1.18. The second-order valence-electron chi connectivity index (χ2n) is 10.3. The number of amides is 2. The van der Waals surface area contributed by atoms with Crippen LogP contribution in [0.4, 0.5) is 4.39 Å². The van der Waals surface area contributed by atoms with Gasteiger partial charge < -0.3 is 10.2 Å². The van der Waals surface area contributed by atoms with Crippen molar-refractivity contribution in [3.8, 4) is 0 Å². The molecule has 7 nitrogen and oxygen atoms in total. The van der Waals surface area contributed by atoms with Crippen LogP contribution < -0.4 is 5.32 Å². The number of hydrogen-bond donors (Lipinski definition) is 1. The monoisotopic (exact) mass is 655 g/mol. The van der Waals surface area contributed by atoms with Crippen LogP contribution in [0.25, 0.3) is 0 Å². The van der Waals surface area contributed by atoms with Crippen LogP contribution >= 0.6 is 23.2 Å². The lowest BCUT2D eigenvalue weighted by atomic mass is 10.0. The molecular formula is C33H32Cl2FN3O4S. The number of hydrogen-bond acceptors (Lipinski definition) is 4. The maximum Gasteiger partial charge on any atom is 0.243 e. The lowest BCUT2D eigenvalue weighted by Gasteiger charge is -2.33. The molecule has 0 saturated heterocycles. The van der Waals surface area contributed by atoms with Gasteiger partial charge in [-0.05, 0) is 46.5 Å². The minimum atomic E-state index is -3.82. The van der Waals surface area contributed by atoms with E-state index < -0.39 is 40.2 Å². The molecule has 0 aliphatic carbocycles. The minimum absolute atomic E-state index is 0.0274. The molecule has 1 N–H and O–H groups in total. The molecule has 4 rings (SSSR count). The zero-order chi connectivity index (χ0) is 31.7. The summed E-state index contributed by atoms with van der Waals surface area (Å²) in [6, 6.07) is 27.6. The van der Waals surface area contributed by atoms with Gasteiger partial charge in [0.1, 0.15) is 11.9 Å². The number of nitrogens with one attached hydrogen (secondary N) is 1. The quantitative estimate of drug-likeness (QED) is 0.196. The molecule has 0 aliphatic heterocycles. The average molecular weight is 657 g/mol. The smallest absolute Gasteiger partial charge is 0.243 e. The van der Waals surface area contributed by atoms with Crippen LogP contribution in [0.1, 0.15) is 22.3 Å². The Morgan fingerprint density at radius 2 is 1.41 bits per heavy atom. The second kappa shape index (κ2) is 15.3. The lowest BCUT2D eigenvalue weighted by Crippen LogP contribution is -2.53. The number of rotatable bonds is 13. The predicted molar refractivity (Wildman–Crippen MR) is 171 cm³/mol. The van der Waals surface area contributed by atoms with Gasteiger partial charge in [-0.1, -0.05) is 102 Å². The lowest BCUT2D eigenvalue weighted by molar-refractivity contribution is -0.141. The minimum Gasteiger partial charge on any atom is -0.350 e. The number of carbonyl (C=O) groups excluding carboxylic acids is 2. The summed E-state index contributed by atoms with van der Waals surface area (Å²) in [5, 5.41) is 3.71. The molecule has 2 amide bonds. The molecule has 0 aliphatic rings. The van der Waals surface area contributed by atoms with Gasteiger partial charge in [-0.2, -0.15) is 4.31 Å². The van der Waals surface area contributed by atoms with Crippen LogP contribution in [0.15, 0.2) is 103 Å². The molecule has 11 heteroatoms. The van der Waals surface area contributed by atoms with E-state index in [1.165, 1.54) is 29.2 Å². The van der Waals surface area contributed by atoms with E-state index in [0.29, 0.717) is 26.7 Å². The first-order chi connectivity index (χ1) is 21.0. The summed E-state index contributed by atoms with van der Waals surface area (Å²) in [5.74, 6) is -1.50. The molecule has 0 radical (unpaired) electrons. The predicted octanol–water partition coefficient (Wildman–Crippen LogP) is 5.85. The van der Waals surface area contributed by atoms with E-state index in [4.69, 9.17) is 23.2 Å². The molecule has 0 aromatic heterocycles. The fourth-order valence-electron chi connectivity index (χ4n) is 4.62. The SMILES string of the molecule is CS(=O)(=O)N(CC(=O)N(Cc1ccc(F)cc1)[C@@H](Cc1ccccc1)C(=O)NCc1ccc(Cl)cc1Cl)Cc1ccccc1. The fraction of sp³-hybridized carbons (Fsp3) is 0.212. The molecule has 0 heterocycles. The third-order valence-electron chi connectivity index (χ3n) is 6.99. The van der Waals surface area contributed by atoms with Crippen molar-refractivity contribution in [2.24, 2.45) is 0 Å². The maximum atomic E-state index is 14.1. The number of carbonyl (C=O) groups is 2. The Morgan fingerprint density at radius 3 is 2.00 bits per heavy atom. The van der Waals surface area contributed by atoms with Crippen LogP contribution in [0, 0.1) is 5.82 Å². The Kier molecular flexibility index (Phi) is 11.5. The van der Waals surface area contributed by atoms with Gasteiger partial charge in [-0.15, -0.1) is 0 Å². The number of halogens is 3. The molecule has 0 fully saturated rings. The van der Waals surface area contributed by atoms with E-state index in [1.54, 1.807) is 42.5 Å². The maximum absolute atomic E-state index is 14.1. The Bertz CT molecular complexity index is 1670. The van der Waals surface area contributed by atoms with Gasteiger partial charge in [-0.25, -0.2) is 12.8 Å². The van der Waals surface area contributed by atoms with Gasteiger partial charge >= 0.3 is 0 Å². The summed E-state index contributed by atoms with van der Waals surface area (Å²) < 4.78 is 40.4. The highest BCUT2D eigenvalue weighted by molar-refractivity contribution is 7.88. The second-order valence-corrected chi connectivity index (χ2v) is 13.1. The Hall–Kier alpha value is -3.76. The molecule has 0 saturated carbocycles. The van der Waals surface area contributed by atoms with Crippen molar-refractivity contribution >= 4 is 45.0 Å². The first-order valence-corrected chi connectivity index (χ1v) is 16.4. The van der Waals surface area contributed by atoms with Crippen molar-refractivity contribution in [1.29, 1.82) is 0 Å². The summed E-state index contributed by atoms with van der Waals surface area (Å²) in [5.41, 5.74) is 2.69. The molecule has 230 valence electrons. The van der Waals surface area contributed by atoms with E-state index in [1.807, 2.05) is 36.4 Å². The van der Waals surface area contributed by atoms with Crippen molar-refractivity contribution in [2.45, 2.75) is 32.1 Å². The number of benzene rings is 4. The summed E-state index contributed by atoms with van der Waals surface area (Å²) in [4.78, 5) is 29.3. The third-order valence-corrected chi connectivity index (χ3v) is 8.77. The van der Waals surface area contributed by atoms with Crippen molar-refractivity contribution in [1.82, 2.24) is 14.5 Å². The zero-order valence-corrected chi connectivity index (χ0v) is 26.3. The van der Waals surface area contributed by atoms with Gasteiger partial charge in [0.15, 0.2) is 0 Å². The normalized spacial score (nSPS) is 12.1. The number of sulfonamides is 1. The first kappa shape index (κ1) is 33.1. The molecule has 0 unspecified atom stereocenters. The van der Waals surface area contributed by atoms with Crippen LogP contribution in [0.5, 0.6) is 0 Å². The van der Waals surface area contributed by atoms with Gasteiger partial charge in [0.2, 0.25) is 21.8 Å². The van der Waals surface area contributed by atoms with Crippen LogP contribution in [-0.2, 0) is 45.7 Å². The highest BCUT2D eigenvalue weighted by Crippen LogP contribution is 2.22. The third kappa shape index (κ3) is 9.62. The molecule has 0 spiro atoms. The molecule has 1 atom stereocenters. The molecule has 44 heavy (non-hydrogen) atoms. The Balaban J connectivity index is 1.68. The summed E-state index contributed by atoms with van der Waals surface area (Å²) >= 11 is 12.4. The van der Waals surface area contributed by atoms with Gasteiger partial charge in [0.25, 0.3) is 0 Å². The van der Waals surface area contributed by atoms with Crippen molar-refractivity contribution in [2.75, 3.05) is 12.8 Å². The molecular weight excluding hydrogens is 624 g/mol. The van der Waals surface area contributed by atoms with Gasteiger partial charge in [0.05, 0.1) is 12.8 Å². The van der Waals surface area contributed by atoms with Gasteiger partial charge in [0, 0.05) is 36.1 Å². The molecule has 4 aromatic carbocycles. The standard InChI is InChI=1S/C33H32Cl2FN3O4S/c1-44(42,43)38(21-25-10-6-3-7-11-25)23-32(40)39(22-26-12-16-29(36)17-13-26)31(18-24-8-4-2-5-9-24)33(41)37-20-27-14-15-28(34)19-30(27)35/h2-17,19,31H,18,20-23H2,1H3,(H,37,41)/t31-/m0/s1. The van der Waals surface area contributed by atoms with Crippen LogP contribution in [0.2, 0.25) is 10.0 Å². The summed E-state index contributed by atoms with van der Waals surface area (Å²) in [6.45, 7) is -0.520. The van der Waals surface area contributed by atoms with Crippen molar-refractivity contribution in [3.63, 3.8) is 0 Å². The largest absolute Gasteiger partial charge is 0.350 e. The van der Waals surface area contributed by atoms with Crippen molar-refractivity contribution < 1.29 is 22.4 Å². The van der Waals surface area contributed by atoms with Crippen molar-refractivity contribution in [3.05, 3.63) is 141 Å². The Morgan fingerprint density at radius 1 is 0.818 bits per heavy atom. The molecule has 4 aromatic rings. The van der Waals surface area contributed by atoms with Crippen LogP contribution in [0.3, 0.4) is 0 Å². The van der Waals surface area contributed by atoms with E-state index in [2.05, 4.69) is 5.32 Å². The van der Waals surface area contributed by atoms with Crippen LogP contribution in [-0.4, -0.2) is 48.3 Å². The average Bonchev–Trinajstić information content (AvgIpc) is 2.99. The highest BCUT2D eigenvalue weighted by atomic mass is 35.5. The summed E-state index contributed by atoms with van der Waals surface area (Å²) in [7, 11) is -3.82. The fourth-order valence-corrected chi connectivity index (χ4v) is 5.83. The topological polar surface area (TPSA) is 86.8 Å². The Labute approximate surface area is 267 Å². The van der Waals surface area contributed by atoms with Gasteiger partial charge in [-0.3, -0.25) is 9.59 Å². The van der Waals surface area contributed by atoms with E-state index in [9.17, 15) is 22.4 Å². The molecule has 0 bridgehead atoms. The number of nitrogens with zero attached hydrogens (tertiary/aromatic N) is 2. The first-order valence-electron chi connectivity index (χ1n) is 13.8.